The maximum atomic E-state index is 13.3. The lowest BCUT2D eigenvalue weighted by Gasteiger charge is -2.40. The first kappa shape index (κ1) is 30.2. The SMILES string of the molecule is COc1ccc(CN2CCN(C3C=Cc4cc(C(=O)N5CCN(Cc6ccc(C(F)(F)F)cc6)CC5)ccc4N3)CC2)cc1. The summed E-state index contributed by atoms with van der Waals surface area (Å²) in [5, 5.41) is 3.64. The standard InChI is InChI=1S/C34H38F3N5O2/c1-44-30-10-4-26(5-11-30)24-39-14-18-41(19-15-39)32-13-7-27-22-28(6-12-31(27)38-32)33(43)42-20-16-40(17-21-42)23-25-2-8-29(9-3-25)34(35,36)37/h2-13,22,32,38H,14-21,23-24H2,1H3. The number of anilines is 1. The highest BCUT2D eigenvalue weighted by Gasteiger charge is 2.30. The minimum atomic E-state index is -4.33. The quantitative estimate of drug-likeness (QED) is 0.397. The molecule has 232 valence electrons. The lowest BCUT2D eigenvalue weighted by atomic mass is 10.0. The zero-order chi connectivity index (χ0) is 30.7. The Hall–Kier alpha value is -3.86. The topological polar surface area (TPSA) is 51.3 Å². The number of benzene rings is 3. The molecule has 0 aromatic heterocycles. The summed E-state index contributed by atoms with van der Waals surface area (Å²) in [5.74, 6) is 0.881. The number of amides is 1. The van der Waals surface area contributed by atoms with E-state index in [1.54, 1.807) is 7.11 Å². The van der Waals surface area contributed by atoms with Crippen molar-refractivity contribution in [1.29, 1.82) is 0 Å². The van der Waals surface area contributed by atoms with Crippen LogP contribution in [-0.2, 0) is 19.3 Å². The molecule has 3 aliphatic rings. The summed E-state index contributed by atoms with van der Waals surface area (Å²) in [6, 6.07) is 19.4. The van der Waals surface area contributed by atoms with Gasteiger partial charge in [-0.2, -0.15) is 13.2 Å². The van der Waals surface area contributed by atoms with Crippen LogP contribution in [0.5, 0.6) is 5.75 Å². The Kier molecular flexibility index (Phi) is 8.93. The van der Waals surface area contributed by atoms with E-state index < -0.39 is 11.7 Å². The van der Waals surface area contributed by atoms with Crippen molar-refractivity contribution in [3.63, 3.8) is 0 Å². The van der Waals surface area contributed by atoms with Crippen LogP contribution < -0.4 is 10.1 Å². The van der Waals surface area contributed by atoms with Crippen molar-refractivity contribution in [1.82, 2.24) is 19.6 Å². The Morgan fingerprint density at radius 2 is 1.41 bits per heavy atom. The van der Waals surface area contributed by atoms with Crippen LogP contribution >= 0.6 is 0 Å². The van der Waals surface area contributed by atoms with Crippen LogP contribution in [0.15, 0.2) is 72.8 Å². The fraction of sp³-hybridized carbons (Fsp3) is 0.382. The van der Waals surface area contributed by atoms with E-state index in [0.29, 0.717) is 38.3 Å². The summed E-state index contributed by atoms with van der Waals surface area (Å²) in [4.78, 5) is 22.3. The van der Waals surface area contributed by atoms with Gasteiger partial charge in [-0.15, -0.1) is 0 Å². The van der Waals surface area contributed by atoms with Crippen LogP contribution in [0.25, 0.3) is 6.08 Å². The second-order valence-electron chi connectivity index (χ2n) is 11.7. The monoisotopic (exact) mass is 605 g/mol. The fourth-order valence-electron chi connectivity index (χ4n) is 6.12. The normalized spacial score (nSPS) is 19.8. The van der Waals surface area contributed by atoms with Crippen molar-refractivity contribution in [2.75, 3.05) is 64.8 Å². The van der Waals surface area contributed by atoms with Gasteiger partial charge in [0.05, 0.1) is 18.8 Å². The molecule has 0 aliphatic carbocycles. The number of carbonyl (C=O) groups is 1. The Labute approximate surface area is 256 Å². The molecule has 3 aromatic carbocycles. The molecule has 0 saturated carbocycles. The average Bonchev–Trinajstić information content (AvgIpc) is 3.05. The highest BCUT2D eigenvalue weighted by molar-refractivity contribution is 5.96. The molecular formula is C34H38F3N5O2. The van der Waals surface area contributed by atoms with Gasteiger partial charge in [0.1, 0.15) is 5.75 Å². The lowest BCUT2D eigenvalue weighted by Crippen LogP contribution is -2.52. The fourth-order valence-corrected chi connectivity index (χ4v) is 6.12. The average molecular weight is 606 g/mol. The molecule has 10 heteroatoms. The van der Waals surface area contributed by atoms with Gasteiger partial charge in [-0.05, 0) is 65.2 Å². The number of nitrogens with one attached hydrogen (secondary N) is 1. The smallest absolute Gasteiger partial charge is 0.416 e. The van der Waals surface area contributed by atoms with Gasteiger partial charge in [0.15, 0.2) is 0 Å². The van der Waals surface area contributed by atoms with E-state index in [1.165, 1.54) is 17.7 Å². The van der Waals surface area contributed by atoms with Crippen LogP contribution in [0.3, 0.4) is 0 Å². The molecule has 0 bridgehead atoms. The maximum Gasteiger partial charge on any atom is 0.416 e. The number of piperazine rings is 2. The van der Waals surface area contributed by atoms with Crippen molar-refractivity contribution >= 4 is 17.7 Å². The number of fused-ring (bicyclic) bond motifs is 1. The van der Waals surface area contributed by atoms with Gasteiger partial charge >= 0.3 is 6.18 Å². The predicted molar refractivity (Wildman–Crippen MR) is 165 cm³/mol. The van der Waals surface area contributed by atoms with Crippen LogP contribution in [0, 0.1) is 0 Å². The van der Waals surface area contributed by atoms with Gasteiger partial charge in [0.2, 0.25) is 0 Å². The Morgan fingerprint density at radius 3 is 2.00 bits per heavy atom. The van der Waals surface area contributed by atoms with Crippen molar-refractivity contribution in [2.45, 2.75) is 25.4 Å². The van der Waals surface area contributed by atoms with E-state index in [0.717, 1.165) is 67.4 Å². The van der Waals surface area contributed by atoms with E-state index in [2.05, 4.69) is 44.3 Å². The van der Waals surface area contributed by atoms with E-state index in [4.69, 9.17) is 4.74 Å². The zero-order valence-corrected chi connectivity index (χ0v) is 24.9. The minimum Gasteiger partial charge on any atom is -0.497 e. The molecule has 0 spiro atoms. The maximum absolute atomic E-state index is 13.3. The van der Waals surface area contributed by atoms with Crippen LogP contribution in [-0.4, -0.2) is 91.1 Å². The number of rotatable bonds is 7. The predicted octanol–water partition coefficient (Wildman–Crippen LogP) is 5.25. The van der Waals surface area contributed by atoms with Gasteiger partial charge in [-0.25, -0.2) is 0 Å². The number of nitrogens with zero attached hydrogens (tertiary/aromatic N) is 4. The first-order valence-electron chi connectivity index (χ1n) is 15.1. The molecule has 2 fully saturated rings. The third kappa shape index (κ3) is 7.09. The molecule has 3 aliphatic heterocycles. The Balaban J connectivity index is 0.975. The van der Waals surface area contributed by atoms with E-state index in [1.807, 2.05) is 35.2 Å². The number of hydrogen-bond acceptors (Lipinski definition) is 6. The van der Waals surface area contributed by atoms with Crippen molar-refractivity contribution in [3.05, 3.63) is 101 Å². The second-order valence-corrected chi connectivity index (χ2v) is 11.7. The molecule has 0 radical (unpaired) electrons. The molecule has 1 atom stereocenters. The third-order valence-electron chi connectivity index (χ3n) is 8.77. The number of halogens is 3. The van der Waals surface area contributed by atoms with Crippen LogP contribution in [0.1, 0.15) is 32.6 Å². The van der Waals surface area contributed by atoms with E-state index in [9.17, 15) is 18.0 Å². The molecule has 7 nitrogen and oxygen atoms in total. The second kappa shape index (κ2) is 13.0. The highest BCUT2D eigenvalue weighted by Crippen LogP contribution is 2.30. The molecule has 2 saturated heterocycles. The molecule has 3 aromatic rings. The number of alkyl halides is 3. The van der Waals surface area contributed by atoms with Gasteiger partial charge in [-0.3, -0.25) is 19.5 Å². The first-order valence-corrected chi connectivity index (χ1v) is 15.1. The largest absolute Gasteiger partial charge is 0.497 e. The highest BCUT2D eigenvalue weighted by atomic mass is 19.4. The number of methoxy groups -OCH3 is 1. The van der Waals surface area contributed by atoms with Crippen LogP contribution in [0.4, 0.5) is 18.9 Å². The Bertz CT molecular complexity index is 1460. The number of hydrogen-bond donors (Lipinski definition) is 1. The molecule has 44 heavy (non-hydrogen) atoms. The lowest BCUT2D eigenvalue weighted by molar-refractivity contribution is -0.137. The summed E-state index contributed by atoms with van der Waals surface area (Å²) in [6.07, 6.45) is 0.0726. The van der Waals surface area contributed by atoms with Gasteiger partial charge < -0.3 is 15.0 Å². The molecule has 1 N–H and O–H groups in total. The van der Waals surface area contributed by atoms with Crippen molar-refractivity contribution < 1.29 is 22.7 Å². The Morgan fingerprint density at radius 1 is 0.818 bits per heavy atom. The molecule has 1 unspecified atom stereocenters. The van der Waals surface area contributed by atoms with Gasteiger partial charge in [-0.1, -0.05) is 30.3 Å². The first-order chi connectivity index (χ1) is 21.2. The van der Waals surface area contributed by atoms with Crippen LogP contribution in [0.2, 0.25) is 0 Å². The number of carbonyl (C=O) groups excluding carboxylic acids is 1. The molecule has 1 amide bonds. The van der Waals surface area contributed by atoms with Gasteiger partial charge in [0.25, 0.3) is 5.91 Å². The summed E-state index contributed by atoms with van der Waals surface area (Å²) in [7, 11) is 1.68. The van der Waals surface area contributed by atoms with E-state index in [-0.39, 0.29) is 12.1 Å². The van der Waals surface area contributed by atoms with Crippen molar-refractivity contribution in [2.24, 2.45) is 0 Å². The summed E-state index contributed by atoms with van der Waals surface area (Å²) in [6.45, 7) is 7.93. The van der Waals surface area contributed by atoms with Crippen molar-refractivity contribution in [3.8, 4) is 5.75 Å². The van der Waals surface area contributed by atoms with Gasteiger partial charge in [0, 0.05) is 76.7 Å². The minimum absolute atomic E-state index is 0.00508. The molecule has 3 heterocycles. The third-order valence-corrected chi connectivity index (χ3v) is 8.77. The number of ether oxygens (including phenoxy) is 1. The summed E-state index contributed by atoms with van der Waals surface area (Å²) in [5.41, 5.74) is 4.18. The molecular weight excluding hydrogens is 567 g/mol. The van der Waals surface area contributed by atoms with E-state index >= 15 is 0 Å². The summed E-state index contributed by atoms with van der Waals surface area (Å²) >= 11 is 0. The summed E-state index contributed by atoms with van der Waals surface area (Å²) < 4.78 is 43.8. The zero-order valence-electron chi connectivity index (χ0n) is 24.9. The molecule has 6 rings (SSSR count).